The number of aryl methyl sites for hydroxylation is 1. The third kappa shape index (κ3) is 5.26. The summed E-state index contributed by atoms with van der Waals surface area (Å²) in [6.45, 7) is 3.88. The second-order valence-electron chi connectivity index (χ2n) is 7.01. The molecule has 1 saturated heterocycles. The lowest BCUT2D eigenvalue weighted by Crippen LogP contribution is -2.44. The van der Waals surface area contributed by atoms with Gasteiger partial charge in [-0.15, -0.1) is 0 Å². The van der Waals surface area contributed by atoms with Crippen LogP contribution in [0.15, 0.2) is 41.4 Å². The Bertz CT molecular complexity index is 931. The molecule has 1 aliphatic heterocycles. The quantitative estimate of drug-likeness (QED) is 0.743. The number of nitrogens with two attached hydrogens (primary N) is 1. The highest BCUT2D eigenvalue weighted by Gasteiger charge is 2.26. The van der Waals surface area contributed by atoms with Crippen molar-refractivity contribution in [2.45, 2.75) is 31.1 Å². The van der Waals surface area contributed by atoms with Crippen LogP contribution in [-0.4, -0.2) is 43.9 Å². The van der Waals surface area contributed by atoms with Gasteiger partial charge < -0.3 is 10.2 Å². The normalized spacial score (nSPS) is 17.4. The van der Waals surface area contributed by atoms with Gasteiger partial charge in [0.1, 0.15) is 0 Å². The van der Waals surface area contributed by atoms with E-state index in [4.69, 9.17) is 5.14 Å². The van der Waals surface area contributed by atoms with Gasteiger partial charge in [0.25, 0.3) is 0 Å². The lowest BCUT2D eigenvalue weighted by atomic mass is 9.97. The Morgan fingerprint density at radius 1 is 1.29 bits per heavy atom. The van der Waals surface area contributed by atoms with Crippen LogP contribution in [0.3, 0.4) is 0 Å². The molecule has 150 valence electrons. The minimum absolute atomic E-state index is 0.0264. The monoisotopic (exact) mass is 403 g/mol. The van der Waals surface area contributed by atoms with Gasteiger partial charge >= 0.3 is 0 Å². The summed E-state index contributed by atoms with van der Waals surface area (Å²) in [5.74, 6) is 0.605. The van der Waals surface area contributed by atoms with Gasteiger partial charge in [-0.3, -0.25) is 4.79 Å². The van der Waals surface area contributed by atoms with Crippen LogP contribution < -0.4 is 15.4 Å². The van der Waals surface area contributed by atoms with Gasteiger partial charge in [0.05, 0.1) is 10.8 Å². The Morgan fingerprint density at radius 3 is 2.71 bits per heavy atom. The maximum absolute atomic E-state index is 12.5. The molecule has 1 unspecified atom stereocenters. The van der Waals surface area contributed by atoms with E-state index in [-0.39, 0.29) is 16.7 Å². The highest BCUT2D eigenvalue weighted by atomic mass is 32.2. The average molecular weight is 404 g/mol. The fourth-order valence-corrected chi connectivity index (χ4v) is 3.80. The van der Waals surface area contributed by atoms with Crippen molar-refractivity contribution >= 4 is 21.9 Å². The fraction of sp³-hybridized carbons (Fsp3) is 0.421. The van der Waals surface area contributed by atoms with E-state index in [0.717, 1.165) is 30.6 Å². The molecule has 1 aliphatic rings. The van der Waals surface area contributed by atoms with Crippen LogP contribution in [0.25, 0.3) is 0 Å². The number of rotatable bonds is 6. The standard InChI is InChI=1S/C19H25N5O3S/c1-14-8-10-22-19(23-14)24-12-2-3-16(13-24)18(25)21-11-9-15-4-6-17(7-5-15)28(20,26)27/h4-8,10,16H,2-3,9,11-13H2,1H3,(H,21,25)(H2,20,26,27). The molecule has 0 bridgehead atoms. The fourth-order valence-electron chi connectivity index (χ4n) is 3.28. The Kier molecular flexibility index (Phi) is 6.25. The first-order chi connectivity index (χ1) is 13.3. The summed E-state index contributed by atoms with van der Waals surface area (Å²) in [4.78, 5) is 23.5. The lowest BCUT2D eigenvalue weighted by Gasteiger charge is -2.32. The zero-order chi connectivity index (χ0) is 20.1. The third-order valence-electron chi connectivity index (χ3n) is 4.82. The molecule has 3 N–H and O–H groups in total. The zero-order valence-electron chi connectivity index (χ0n) is 15.8. The van der Waals surface area contributed by atoms with Crippen LogP contribution in [0.4, 0.5) is 5.95 Å². The molecule has 1 fully saturated rings. The predicted octanol–water partition coefficient (Wildman–Crippen LogP) is 1.01. The molecule has 0 aliphatic carbocycles. The number of benzene rings is 1. The van der Waals surface area contributed by atoms with Gasteiger partial charge in [-0.2, -0.15) is 0 Å². The minimum Gasteiger partial charge on any atom is -0.355 e. The summed E-state index contributed by atoms with van der Waals surface area (Å²) < 4.78 is 22.6. The minimum atomic E-state index is -3.68. The number of sulfonamides is 1. The molecule has 1 atom stereocenters. The number of carbonyl (C=O) groups excluding carboxylic acids is 1. The Balaban J connectivity index is 1.50. The van der Waals surface area contributed by atoms with Crippen LogP contribution >= 0.6 is 0 Å². The van der Waals surface area contributed by atoms with Crippen LogP contribution in [0.1, 0.15) is 24.1 Å². The molecule has 1 amide bonds. The van der Waals surface area contributed by atoms with E-state index in [1.807, 2.05) is 13.0 Å². The van der Waals surface area contributed by atoms with Gasteiger partial charge in [0.2, 0.25) is 21.9 Å². The van der Waals surface area contributed by atoms with E-state index in [2.05, 4.69) is 20.2 Å². The number of hydrogen-bond acceptors (Lipinski definition) is 6. The lowest BCUT2D eigenvalue weighted by molar-refractivity contribution is -0.125. The van der Waals surface area contributed by atoms with Crippen molar-refractivity contribution in [2.24, 2.45) is 11.1 Å². The molecule has 8 nitrogen and oxygen atoms in total. The molecule has 9 heteroatoms. The molecule has 28 heavy (non-hydrogen) atoms. The third-order valence-corrected chi connectivity index (χ3v) is 5.75. The van der Waals surface area contributed by atoms with Crippen LogP contribution in [-0.2, 0) is 21.2 Å². The maximum Gasteiger partial charge on any atom is 0.238 e. The Labute approximate surface area is 165 Å². The van der Waals surface area contributed by atoms with E-state index in [0.29, 0.717) is 25.5 Å². The van der Waals surface area contributed by atoms with Crippen molar-refractivity contribution < 1.29 is 13.2 Å². The number of anilines is 1. The van der Waals surface area contributed by atoms with Crippen molar-refractivity contribution in [1.82, 2.24) is 15.3 Å². The summed E-state index contributed by atoms with van der Waals surface area (Å²) in [7, 11) is -3.68. The van der Waals surface area contributed by atoms with Crippen LogP contribution in [0.2, 0.25) is 0 Å². The predicted molar refractivity (Wildman–Crippen MR) is 106 cm³/mol. The average Bonchev–Trinajstić information content (AvgIpc) is 2.68. The molecule has 1 aromatic heterocycles. The summed E-state index contributed by atoms with van der Waals surface area (Å²) in [6, 6.07) is 8.24. The molecular weight excluding hydrogens is 378 g/mol. The number of nitrogens with zero attached hydrogens (tertiary/aromatic N) is 3. The molecule has 0 spiro atoms. The van der Waals surface area contributed by atoms with Crippen molar-refractivity contribution in [3.63, 3.8) is 0 Å². The van der Waals surface area contributed by atoms with Gasteiger partial charge in [-0.05, 0) is 49.9 Å². The Morgan fingerprint density at radius 2 is 2.04 bits per heavy atom. The molecular formula is C19H25N5O3S. The smallest absolute Gasteiger partial charge is 0.238 e. The van der Waals surface area contributed by atoms with E-state index in [1.165, 1.54) is 12.1 Å². The van der Waals surface area contributed by atoms with Gasteiger partial charge in [-0.1, -0.05) is 12.1 Å². The number of piperidine rings is 1. The SMILES string of the molecule is Cc1ccnc(N2CCCC(C(=O)NCCc3ccc(S(N)(=O)=O)cc3)C2)n1. The zero-order valence-corrected chi connectivity index (χ0v) is 16.7. The van der Waals surface area contributed by atoms with Gasteiger partial charge in [0.15, 0.2) is 0 Å². The number of amides is 1. The highest BCUT2D eigenvalue weighted by molar-refractivity contribution is 7.89. The number of primary sulfonamides is 1. The molecule has 2 heterocycles. The van der Waals surface area contributed by atoms with E-state index >= 15 is 0 Å². The molecule has 1 aromatic carbocycles. The summed E-state index contributed by atoms with van der Waals surface area (Å²) in [5.41, 5.74) is 1.84. The Hall–Kier alpha value is -2.52. The number of carbonyl (C=O) groups is 1. The molecule has 2 aromatic rings. The van der Waals surface area contributed by atoms with Crippen LogP contribution in [0.5, 0.6) is 0 Å². The number of nitrogens with one attached hydrogen (secondary N) is 1. The summed E-state index contributed by atoms with van der Waals surface area (Å²) in [6.07, 6.45) is 4.12. The van der Waals surface area contributed by atoms with Crippen molar-refractivity contribution in [3.8, 4) is 0 Å². The first kappa shape index (κ1) is 20.2. The van der Waals surface area contributed by atoms with E-state index < -0.39 is 10.0 Å². The van der Waals surface area contributed by atoms with Gasteiger partial charge in [0, 0.05) is 31.5 Å². The summed E-state index contributed by atoms with van der Waals surface area (Å²) in [5, 5.41) is 8.07. The first-order valence-electron chi connectivity index (χ1n) is 9.27. The second kappa shape index (κ2) is 8.66. The number of hydrogen-bond donors (Lipinski definition) is 2. The summed E-state index contributed by atoms with van der Waals surface area (Å²) >= 11 is 0. The molecule has 3 rings (SSSR count). The van der Waals surface area contributed by atoms with E-state index in [9.17, 15) is 13.2 Å². The molecule has 0 saturated carbocycles. The van der Waals surface area contributed by atoms with E-state index in [1.54, 1.807) is 18.3 Å². The van der Waals surface area contributed by atoms with Crippen molar-refractivity contribution in [1.29, 1.82) is 0 Å². The van der Waals surface area contributed by atoms with Gasteiger partial charge in [-0.25, -0.2) is 23.5 Å². The molecule has 0 radical (unpaired) electrons. The van der Waals surface area contributed by atoms with Crippen molar-refractivity contribution in [2.75, 3.05) is 24.5 Å². The number of aromatic nitrogens is 2. The van der Waals surface area contributed by atoms with Crippen LogP contribution in [0, 0.1) is 12.8 Å². The first-order valence-corrected chi connectivity index (χ1v) is 10.8. The second-order valence-corrected chi connectivity index (χ2v) is 8.57. The maximum atomic E-state index is 12.5. The largest absolute Gasteiger partial charge is 0.355 e. The topological polar surface area (TPSA) is 118 Å². The van der Waals surface area contributed by atoms with Crippen molar-refractivity contribution in [3.05, 3.63) is 47.8 Å². The highest BCUT2D eigenvalue weighted by Crippen LogP contribution is 2.20.